The first kappa shape index (κ1) is 26.1. The molecule has 1 heterocycles. The molecule has 2 aromatic rings. The predicted octanol–water partition coefficient (Wildman–Crippen LogP) is 4.87. The van der Waals surface area contributed by atoms with Crippen LogP contribution in [0.3, 0.4) is 0 Å². The number of hydrogen-bond donors (Lipinski definition) is 1. The van der Waals surface area contributed by atoms with Crippen molar-refractivity contribution in [2.24, 2.45) is 11.1 Å². The zero-order valence-corrected chi connectivity index (χ0v) is 19.3. The second-order valence-electron chi connectivity index (χ2n) is 8.95. The molecule has 1 aliphatic heterocycles. The quantitative estimate of drug-likeness (QED) is 0.464. The van der Waals surface area contributed by atoms with Crippen molar-refractivity contribution in [3.63, 3.8) is 0 Å². The molecule has 0 aromatic heterocycles. The van der Waals surface area contributed by atoms with E-state index >= 15 is 0 Å². The Morgan fingerprint density at radius 1 is 1.15 bits per heavy atom. The standard InChI is InChI=1S/C25H30F4N2O3/c1-17(2)15-33-16-22(32)13-31(12-18-4-3-5-20(10-18)25(27,28)29)14-23-11-24(30-34-23)19-6-8-21(26)9-7-19/h3-10,17,22-23,32H,11-16H2,1-2H3. The Hall–Kier alpha value is -2.49. The van der Waals surface area contributed by atoms with E-state index in [1.165, 1.54) is 18.2 Å². The zero-order valence-electron chi connectivity index (χ0n) is 19.3. The van der Waals surface area contributed by atoms with Crippen LogP contribution in [0.1, 0.15) is 37.0 Å². The van der Waals surface area contributed by atoms with Gasteiger partial charge in [0.25, 0.3) is 0 Å². The summed E-state index contributed by atoms with van der Waals surface area (Å²) in [7, 11) is 0. The fraction of sp³-hybridized carbons (Fsp3) is 0.480. The normalized spacial score (nSPS) is 17.2. The van der Waals surface area contributed by atoms with Crippen LogP contribution < -0.4 is 0 Å². The van der Waals surface area contributed by atoms with E-state index in [0.29, 0.717) is 36.8 Å². The molecule has 0 radical (unpaired) electrons. The van der Waals surface area contributed by atoms with Crippen molar-refractivity contribution in [2.75, 3.05) is 26.3 Å². The minimum atomic E-state index is -4.43. The minimum Gasteiger partial charge on any atom is -0.390 e. The highest BCUT2D eigenvalue weighted by molar-refractivity contribution is 6.01. The van der Waals surface area contributed by atoms with Crippen molar-refractivity contribution in [3.05, 3.63) is 71.0 Å². The molecular formula is C25H30F4N2O3. The second kappa shape index (κ2) is 11.8. The molecule has 0 amide bonds. The van der Waals surface area contributed by atoms with Crippen LogP contribution in [0.25, 0.3) is 0 Å². The van der Waals surface area contributed by atoms with Crippen LogP contribution in [0.4, 0.5) is 17.6 Å². The van der Waals surface area contributed by atoms with E-state index in [1.807, 2.05) is 18.7 Å². The molecule has 5 nitrogen and oxygen atoms in total. The van der Waals surface area contributed by atoms with Gasteiger partial charge in [-0.05, 0) is 35.2 Å². The maximum atomic E-state index is 13.2. The van der Waals surface area contributed by atoms with Crippen molar-refractivity contribution in [3.8, 4) is 0 Å². The van der Waals surface area contributed by atoms with Crippen LogP contribution in [0, 0.1) is 11.7 Å². The van der Waals surface area contributed by atoms with E-state index in [-0.39, 0.29) is 31.6 Å². The van der Waals surface area contributed by atoms with E-state index < -0.39 is 17.8 Å². The molecule has 1 N–H and O–H groups in total. The summed E-state index contributed by atoms with van der Waals surface area (Å²) in [5.41, 5.74) is 1.17. The maximum Gasteiger partial charge on any atom is 0.416 e. The number of ether oxygens (including phenoxy) is 1. The average Bonchev–Trinajstić information content (AvgIpc) is 3.22. The smallest absolute Gasteiger partial charge is 0.390 e. The fourth-order valence-electron chi connectivity index (χ4n) is 3.73. The number of nitrogens with zero attached hydrogens (tertiary/aromatic N) is 2. The summed E-state index contributed by atoms with van der Waals surface area (Å²) in [4.78, 5) is 7.39. The van der Waals surface area contributed by atoms with Gasteiger partial charge < -0.3 is 14.7 Å². The summed E-state index contributed by atoms with van der Waals surface area (Å²) in [5, 5.41) is 14.6. The van der Waals surface area contributed by atoms with Crippen LogP contribution >= 0.6 is 0 Å². The van der Waals surface area contributed by atoms with E-state index in [4.69, 9.17) is 9.57 Å². The molecule has 0 aliphatic carbocycles. The molecule has 0 fully saturated rings. The fourth-order valence-corrected chi connectivity index (χ4v) is 3.73. The lowest BCUT2D eigenvalue weighted by Gasteiger charge is -2.27. The summed E-state index contributed by atoms with van der Waals surface area (Å²) in [5.74, 6) is -0.0249. The van der Waals surface area contributed by atoms with Crippen LogP contribution in [0.15, 0.2) is 53.7 Å². The largest absolute Gasteiger partial charge is 0.416 e. The number of alkyl halides is 3. The van der Waals surface area contributed by atoms with Crippen LogP contribution in [-0.4, -0.2) is 54.2 Å². The van der Waals surface area contributed by atoms with Crippen LogP contribution in [0.5, 0.6) is 0 Å². The molecule has 2 aromatic carbocycles. The monoisotopic (exact) mass is 482 g/mol. The molecule has 3 rings (SSSR count). The first-order valence-electron chi connectivity index (χ1n) is 11.2. The topological polar surface area (TPSA) is 54.3 Å². The van der Waals surface area contributed by atoms with Crippen molar-refractivity contribution < 1.29 is 32.2 Å². The lowest BCUT2D eigenvalue weighted by Crippen LogP contribution is -2.39. The Bertz CT molecular complexity index is 948. The Labute approximate surface area is 197 Å². The zero-order chi connectivity index (χ0) is 24.7. The molecule has 1 aliphatic rings. The second-order valence-corrected chi connectivity index (χ2v) is 8.95. The number of rotatable bonds is 11. The Morgan fingerprint density at radius 3 is 2.56 bits per heavy atom. The Kier molecular flexibility index (Phi) is 9.04. The maximum absolute atomic E-state index is 13.2. The number of oxime groups is 1. The number of benzene rings is 2. The highest BCUT2D eigenvalue weighted by Crippen LogP contribution is 2.30. The number of halogens is 4. The summed E-state index contributed by atoms with van der Waals surface area (Å²) in [6, 6.07) is 11.1. The number of hydrogen-bond acceptors (Lipinski definition) is 5. The Morgan fingerprint density at radius 2 is 1.88 bits per heavy atom. The average molecular weight is 483 g/mol. The summed E-state index contributed by atoms with van der Waals surface area (Å²) < 4.78 is 58.2. The van der Waals surface area contributed by atoms with Gasteiger partial charge in [0.1, 0.15) is 11.9 Å². The first-order valence-corrected chi connectivity index (χ1v) is 11.2. The number of aliphatic hydroxyl groups excluding tert-OH is 1. The van der Waals surface area contributed by atoms with Crippen LogP contribution in [-0.2, 0) is 22.3 Å². The minimum absolute atomic E-state index is 0.125. The molecule has 0 saturated carbocycles. The van der Waals surface area contributed by atoms with Crippen LogP contribution in [0.2, 0.25) is 0 Å². The van der Waals surface area contributed by atoms with Gasteiger partial charge in [-0.15, -0.1) is 0 Å². The SMILES string of the molecule is CC(C)COCC(O)CN(Cc1cccc(C(F)(F)F)c1)CC1CC(c2ccc(F)cc2)=NO1. The molecule has 0 bridgehead atoms. The summed E-state index contributed by atoms with van der Waals surface area (Å²) >= 11 is 0. The molecule has 9 heteroatoms. The molecule has 34 heavy (non-hydrogen) atoms. The van der Waals surface area contributed by atoms with Gasteiger partial charge in [-0.1, -0.05) is 49.3 Å². The van der Waals surface area contributed by atoms with Gasteiger partial charge >= 0.3 is 6.18 Å². The summed E-state index contributed by atoms with van der Waals surface area (Å²) in [6.45, 7) is 5.36. The van der Waals surface area contributed by atoms with Gasteiger partial charge in [-0.2, -0.15) is 13.2 Å². The number of aliphatic hydroxyl groups is 1. The van der Waals surface area contributed by atoms with Gasteiger partial charge in [0, 0.05) is 32.7 Å². The molecule has 0 saturated heterocycles. The van der Waals surface area contributed by atoms with E-state index in [1.54, 1.807) is 18.2 Å². The lowest BCUT2D eigenvalue weighted by atomic mass is 10.0. The van der Waals surface area contributed by atoms with E-state index in [2.05, 4.69) is 5.16 Å². The highest BCUT2D eigenvalue weighted by atomic mass is 19.4. The third kappa shape index (κ3) is 8.07. The Balaban J connectivity index is 1.66. The highest BCUT2D eigenvalue weighted by Gasteiger charge is 2.31. The third-order valence-corrected chi connectivity index (χ3v) is 5.26. The van der Waals surface area contributed by atoms with Gasteiger partial charge in [-0.3, -0.25) is 4.90 Å². The van der Waals surface area contributed by atoms with Crippen molar-refractivity contribution >= 4 is 5.71 Å². The molecule has 2 unspecified atom stereocenters. The van der Waals surface area contributed by atoms with Crippen molar-refractivity contribution in [1.82, 2.24) is 4.90 Å². The van der Waals surface area contributed by atoms with E-state index in [0.717, 1.165) is 17.7 Å². The lowest BCUT2D eigenvalue weighted by molar-refractivity contribution is -0.137. The first-order chi connectivity index (χ1) is 16.1. The van der Waals surface area contributed by atoms with Gasteiger partial charge in [0.15, 0.2) is 0 Å². The van der Waals surface area contributed by atoms with Crippen molar-refractivity contribution in [2.45, 2.75) is 45.2 Å². The molecule has 0 spiro atoms. The summed E-state index contributed by atoms with van der Waals surface area (Å²) in [6.07, 6.45) is -5.14. The molecular weight excluding hydrogens is 452 g/mol. The van der Waals surface area contributed by atoms with Crippen molar-refractivity contribution in [1.29, 1.82) is 0 Å². The van der Waals surface area contributed by atoms with E-state index in [9.17, 15) is 22.7 Å². The van der Waals surface area contributed by atoms with Gasteiger partial charge in [0.2, 0.25) is 0 Å². The molecule has 2 atom stereocenters. The van der Waals surface area contributed by atoms with Gasteiger partial charge in [0.05, 0.1) is 24.0 Å². The third-order valence-electron chi connectivity index (χ3n) is 5.26. The van der Waals surface area contributed by atoms with Gasteiger partial charge in [-0.25, -0.2) is 4.39 Å². The molecule has 186 valence electrons. The predicted molar refractivity (Wildman–Crippen MR) is 121 cm³/mol.